The molecule has 0 saturated heterocycles. The van der Waals surface area contributed by atoms with Crippen molar-refractivity contribution in [2.24, 2.45) is 5.73 Å². The zero-order valence-electron chi connectivity index (χ0n) is 12.3. The highest BCUT2D eigenvalue weighted by molar-refractivity contribution is 7.89. The van der Waals surface area contributed by atoms with E-state index in [0.29, 0.717) is 50.7 Å². The summed E-state index contributed by atoms with van der Waals surface area (Å²) in [6.07, 6.45) is 0.641. The van der Waals surface area contributed by atoms with E-state index in [4.69, 9.17) is 10.5 Å². The van der Waals surface area contributed by atoms with Crippen molar-refractivity contribution < 1.29 is 13.2 Å². The molecule has 1 aromatic rings. The summed E-state index contributed by atoms with van der Waals surface area (Å²) in [5, 5.41) is 4.22. The van der Waals surface area contributed by atoms with Gasteiger partial charge in [0.25, 0.3) is 0 Å². The minimum Gasteiger partial charge on any atom is -0.382 e. The van der Waals surface area contributed by atoms with Crippen LogP contribution in [0.5, 0.6) is 0 Å². The van der Waals surface area contributed by atoms with E-state index in [0.717, 1.165) is 0 Å². The Bertz CT molecular complexity index is 525. The highest BCUT2D eigenvalue weighted by Crippen LogP contribution is 2.18. The SMILES string of the molecule is CCOCCCNS(=O)(=O)c1c(C)nn(CCN)c1C. The van der Waals surface area contributed by atoms with Crippen LogP contribution < -0.4 is 10.5 Å². The Morgan fingerprint density at radius 3 is 2.70 bits per heavy atom. The van der Waals surface area contributed by atoms with Gasteiger partial charge in [0.1, 0.15) is 4.90 Å². The number of rotatable bonds is 9. The molecule has 3 N–H and O–H groups in total. The maximum atomic E-state index is 12.3. The molecule has 1 aromatic heterocycles. The van der Waals surface area contributed by atoms with Crippen molar-refractivity contribution in [2.45, 2.75) is 38.6 Å². The normalized spacial score (nSPS) is 12.0. The van der Waals surface area contributed by atoms with Crippen LogP contribution in [-0.4, -0.2) is 44.5 Å². The number of hydrogen-bond donors (Lipinski definition) is 2. The summed E-state index contributed by atoms with van der Waals surface area (Å²) in [4.78, 5) is 0.252. The molecule has 0 saturated carbocycles. The second kappa shape index (κ2) is 7.72. The first kappa shape index (κ1) is 17.1. The van der Waals surface area contributed by atoms with Crippen LogP contribution >= 0.6 is 0 Å². The molecule has 0 unspecified atom stereocenters. The van der Waals surface area contributed by atoms with E-state index < -0.39 is 10.0 Å². The second-order valence-corrected chi connectivity index (χ2v) is 6.16. The lowest BCUT2D eigenvalue weighted by molar-refractivity contribution is 0.146. The quantitative estimate of drug-likeness (QED) is 0.633. The van der Waals surface area contributed by atoms with Gasteiger partial charge in [-0.3, -0.25) is 4.68 Å². The van der Waals surface area contributed by atoms with Crippen molar-refractivity contribution in [1.29, 1.82) is 0 Å². The third-order valence-corrected chi connectivity index (χ3v) is 4.60. The fourth-order valence-electron chi connectivity index (χ4n) is 2.01. The van der Waals surface area contributed by atoms with E-state index in [1.165, 1.54) is 0 Å². The first-order chi connectivity index (χ1) is 9.44. The zero-order chi connectivity index (χ0) is 15.2. The molecule has 0 amide bonds. The number of aryl methyl sites for hydroxylation is 1. The zero-order valence-corrected chi connectivity index (χ0v) is 13.2. The largest absolute Gasteiger partial charge is 0.382 e. The highest BCUT2D eigenvalue weighted by Gasteiger charge is 2.23. The summed E-state index contributed by atoms with van der Waals surface area (Å²) in [6.45, 7) is 7.79. The van der Waals surface area contributed by atoms with Crippen molar-refractivity contribution in [3.8, 4) is 0 Å². The molecule has 1 rings (SSSR count). The average molecular weight is 304 g/mol. The molecule has 0 aliphatic rings. The molecule has 0 aromatic carbocycles. The van der Waals surface area contributed by atoms with E-state index in [1.54, 1.807) is 18.5 Å². The minimum atomic E-state index is -3.54. The van der Waals surface area contributed by atoms with Gasteiger partial charge in [0, 0.05) is 26.3 Å². The molecular formula is C12H24N4O3S. The summed E-state index contributed by atoms with van der Waals surface area (Å²) < 4.78 is 34.0. The number of sulfonamides is 1. The topological polar surface area (TPSA) is 99.2 Å². The van der Waals surface area contributed by atoms with E-state index in [2.05, 4.69) is 9.82 Å². The highest BCUT2D eigenvalue weighted by atomic mass is 32.2. The number of hydrogen-bond acceptors (Lipinski definition) is 5. The molecule has 0 spiro atoms. The van der Waals surface area contributed by atoms with Gasteiger partial charge < -0.3 is 10.5 Å². The van der Waals surface area contributed by atoms with Gasteiger partial charge in [0.05, 0.1) is 17.9 Å². The van der Waals surface area contributed by atoms with Gasteiger partial charge in [-0.15, -0.1) is 0 Å². The number of nitrogens with two attached hydrogens (primary N) is 1. The van der Waals surface area contributed by atoms with Crippen LogP contribution in [0, 0.1) is 13.8 Å². The Morgan fingerprint density at radius 2 is 2.10 bits per heavy atom. The van der Waals surface area contributed by atoms with Gasteiger partial charge in [0.15, 0.2) is 0 Å². The lowest BCUT2D eigenvalue weighted by Gasteiger charge is -2.07. The smallest absolute Gasteiger partial charge is 0.244 e. The molecule has 0 aliphatic carbocycles. The third-order valence-electron chi connectivity index (χ3n) is 2.89. The Labute approximate surface area is 120 Å². The summed E-state index contributed by atoms with van der Waals surface area (Å²) >= 11 is 0. The maximum absolute atomic E-state index is 12.3. The molecule has 0 fully saturated rings. The van der Waals surface area contributed by atoms with E-state index in [9.17, 15) is 8.42 Å². The Kier molecular flexibility index (Phi) is 6.60. The summed E-state index contributed by atoms with van der Waals surface area (Å²) in [5.74, 6) is 0. The summed E-state index contributed by atoms with van der Waals surface area (Å²) in [6, 6.07) is 0. The van der Waals surface area contributed by atoms with Gasteiger partial charge in [-0.05, 0) is 27.2 Å². The fourth-order valence-corrected chi connectivity index (χ4v) is 3.49. The van der Waals surface area contributed by atoms with Crippen molar-refractivity contribution in [2.75, 3.05) is 26.3 Å². The molecule has 0 bridgehead atoms. The van der Waals surface area contributed by atoms with Crippen LogP contribution in [0.25, 0.3) is 0 Å². The first-order valence-corrected chi connectivity index (χ1v) is 8.23. The molecule has 0 radical (unpaired) electrons. The Balaban J connectivity index is 2.77. The number of nitrogens with zero attached hydrogens (tertiary/aromatic N) is 2. The predicted molar refractivity (Wildman–Crippen MR) is 77.1 cm³/mol. The van der Waals surface area contributed by atoms with E-state index in [1.807, 2.05) is 6.92 Å². The van der Waals surface area contributed by atoms with Crippen LogP contribution in [0.1, 0.15) is 24.7 Å². The van der Waals surface area contributed by atoms with Crippen molar-refractivity contribution in [3.63, 3.8) is 0 Å². The number of aromatic nitrogens is 2. The third kappa shape index (κ3) is 4.27. The molecule has 0 aliphatic heterocycles. The van der Waals surface area contributed by atoms with Crippen LogP contribution in [0.4, 0.5) is 0 Å². The molecule has 20 heavy (non-hydrogen) atoms. The first-order valence-electron chi connectivity index (χ1n) is 6.75. The summed E-state index contributed by atoms with van der Waals surface area (Å²) in [7, 11) is -3.54. The van der Waals surface area contributed by atoms with Crippen molar-refractivity contribution >= 4 is 10.0 Å². The Morgan fingerprint density at radius 1 is 1.40 bits per heavy atom. The predicted octanol–water partition coefficient (Wildman–Crippen LogP) is 0.164. The van der Waals surface area contributed by atoms with Gasteiger partial charge in [-0.2, -0.15) is 5.10 Å². The maximum Gasteiger partial charge on any atom is 0.244 e. The molecule has 116 valence electrons. The van der Waals surface area contributed by atoms with Crippen LogP contribution in [0.2, 0.25) is 0 Å². The number of nitrogens with one attached hydrogen (secondary N) is 1. The molecule has 7 nitrogen and oxygen atoms in total. The Hall–Kier alpha value is -0.960. The van der Waals surface area contributed by atoms with Gasteiger partial charge in [0.2, 0.25) is 10.0 Å². The van der Waals surface area contributed by atoms with Gasteiger partial charge in [-0.1, -0.05) is 0 Å². The standard InChI is InChI=1S/C12H24N4O3S/c1-4-19-9-5-7-14-20(17,18)12-10(2)15-16(8-6-13)11(12)3/h14H,4-9,13H2,1-3H3. The fraction of sp³-hybridized carbons (Fsp3) is 0.750. The van der Waals surface area contributed by atoms with Crippen molar-refractivity contribution in [1.82, 2.24) is 14.5 Å². The lowest BCUT2D eigenvalue weighted by atomic mass is 10.4. The van der Waals surface area contributed by atoms with Gasteiger partial charge >= 0.3 is 0 Å². The van der Waals surface area contributed by atoms with E-state index >= 15 is 0 Å². The minimum absolute atomic E-state index is 0.252. The van der Waals surface area contributed by atoms with Gasteiger partial charge in [-0.25, -0.2) is 13.1 Å². The molecule has 0 atom stereocenters. The van der Waals surface area contributed by atoms with Crippen LogP contribution in [0.3, 0.4) is 0 Å². The number of ether oxygens (including phenoxy) is 1. The molecular weight excluding hydrogens is 280 g/mol. The second-order valence-electron chi connectivity index (χ2n) is 4.46. The lowest BCUT2D eigenvalue weighted by Crippen LogP contribution is -2.26. The average Bonchev–Trinajstić information content (AvgIpc) is 2.65. The summed E-state index contributed by atoms with van der Waals surface area (Å²) in [5.41, 5.74) is 6.59. The van der Waals surface area contributed by atoms with Crippen LogP contribution in [-0.2, 0) is 21.3 Å². The monoisotopic (exact) mass is 304 g/mol. The van der Waals surface area contributed by atoms with Crippen molar-refractivity contribution in [3.05, 3.63) is 11.4 Å². The van der Waals surface area contributed by atoms with Crippen LogP contribution in [0.15, 0.2) is 4.90 Å². The van der Waals surface area contributed by atoms with E-state index in [-0.39, 0.29) is 4.90 Å². The molecule has 1 heterocycles. The molecule has 8 heteroatoms.